The summed E-state index contributed by atoms with van der Waals surface area (Å²) in [7, 11) is 2.94. The van der Waals surface area contributed by atoms with Crippen LogP contribution in [0.3, 0.4) is 0 Å². The number of hydrogen-bond acceptors (Lipinski definition) is 4. The van der Waals surface area contributed by atoms with Crippen molar-refractivity contribution in [3.05, 3.63) is 23.8 Å². The molecule has 0 bridgehead atoms. The summed E-state index contributed by atoms with van der Waals surface area (Å²) in [6, 6.07) is 5.38. The molecular weight excluding hydrogens is 208 g/mol. The van der Waals surface area contributed by atoms with E-state index in [4.69, 9.17) is 9.47 Å². The van der Waals surface area contributed by atoms with Crippen LogP contribution < -0.4 is 9.47 Å². The molecule has 0 radical (unpaired) electrons. The molecule has 0 heterocycles. The Morgan fingerprint density at radius 3 is 2.44 bits per heavy atom. The van der Waals surface area contributed by atoms with Gasteiger partial charge in [0.25, 0.3) is 0 Å². The molecule has 0 amide bonds. The normalized spacial score (nSPS) is 9.69. The topological polar surface area (TPSA) is 44.8 Å². The first-order valence-corrected chi connectivity index (χ1v) is 5.07. The lowest BCUT2D eigenvalue weighted by molar-refractivity contribution is -0.139. The minimum absolute atomic E-state index is 0.216. The lowest BCUT2D eigenvalue weighted by Crippen LogP contribution is -2.05. The number of rotatable bonds is 5. The third-order valence-electron chi connectivity index (χ3n) is 2.06. The number of esters is 1. The van der Waals surface area contributed by atoms with Gasteiger partial charge in [-0.3, -0.25) is 4.79 Å². The molecule has 1 rings (SSSR count). The van der Waals surface area contributed by atoms with Gasteiger partial charge in [-0.25, -0.2) is 0 Å². The second kappa shape index (κ2) is 6.00. The average Bonchev–Trinajstić information content (AvgIpc) is 2.29. The number of hydrogen-bond donors (Lipinski definition) is 0. The first-order valence-electron chi connectivity index (χ1n) is 5.07. The Hall–Kier alpha value is -1.71. The molecule has 4 nitrogen and oxygen atoms in total. The Kier molecular flexibility index (Phi) is 4.64. The SMILES string of the molecule is CCOc1cc(CC(=O)OC)cc(OC)c1. The molecule has 0 unspecified atom stereocenters. The van der Waals surface area contributed by atoms with Crippen molar-refractivity contribution in [2.75, 3.05) is 20.8 Å². The molecule has 0 aliphatic heterocycles. The van der Waals surface area contributed by atoms with Crippen LogP contribution in [-0.4, -0.2) is 26.8 Å². The van der Waals surface area contributed by atoms with E-state index in [9.17, 15) is 4.79 Å². The molecule has 4 heteroatoms. The van der Waals surface area contributed by atoms with Crippen LogP contribution in [0.5, 0.6) is 11.5 Å². The summed E-state index contributed by atoms with van der Waals surface area (Å²) in [5.41, 5.74) is 0.814. The fourth-order valence-corrected chi connectivity index (χ4v) is 1.34. The number of carbonyl (C=O) groups is 1. The van der Waals surface area contributed by atoms with Crippen molar-refractivity contribution in [2.24, 2.45) is 0 Å². The summed E-state index contributed by atoms with van der Waals surface area (Å²) < 4.78 is 15.1. The predicted molar refractivity (Wildman–Crippen MR) is 59.9 cm³/mol. The maximum absolute atomic E-state index is 11.1. The molecular formula is C12H16O4. The molecule has 16 heavy (non-hydrogen) atoms. The molecule has 0 atom stereocenters. The highest BCUT2D eigenvalue weighted by Gasteiger charge is 2.07. The van der Waals surface area contributed by atoms with Gasteiger partial charge in [-0.05, 0) is 24.6 Å². The van der Waals surface area contributed by atoms with Crippen molar-refractivity contribution in [1.29, 1.82) is 0 Å². The highest BCUT2D eigenvalue weighted by molar-refractivity contribution is 5.72. The summed E-state index contributed by atoms with van der Waals surface area (Å²) in [6.07, 6.45) is 0.216. The number of methoxy groups -OCH3 is 2. The molecule has 88 valence electrons. The molecule has 0 saturated carbocycles. The van der Waals surface area contributed by atoms with E-state index in [0.29, 0.717) is 18.1 Å². The van der Waals surface area contributed by atoms with Crippen molar-refractivity contribution < 1.29 is 19.0 Å². The van der Waals surface area contributed by atoms with Crippen molar-refractivity contribution in [1.82, 2.24) is 0 Å². The second-order valence-electron chi connectivity index (χ2n) is 3.20. The fraction of sp³-hybridized carbons (Fsp3) is 0.417. The highest BCUT2D eigenvalue weighted by atomic mass is 16.5. The van der Waals surface area contributed by atoms with Crippen molar-refractivity contribution >= 4 is 5.97 Å². The Balaban J connectivity index is 2.90. The largest absolute Gasteiger partial charge is 0.497 e. The van der Waals surface area contributed by atoms with E-state index >= 15 is 0 Å². The van der Waals surface area contributed by atoms with E-state index in [1.165, 1.54) is 7.11 Å². The lowest BCUT2D eigenvalue weighted by atomic mass is 10.1. The third kappa shape index (κ3) is 3.46. The highest BCUT2D eigenvalue weighted by Crippen LogP contribution is 2.23. The summed E-state index contributed by atoms with van der Waals surface area (Å²) in [5, 5.41) is 0. The Labute approximate surface area is 95.1 Å². The monoisotopic (exact) mass is 224 g/mol. The summed E-state index contributed by atoms with van der Waals surface area (Å²) in [4.78, 5) is 11.1. The molecule has 1 aromatic carbocycles. The fourth-order valence-electron chi connectivity index (χ4n) is 1.34. The van der Waals surface area contributed by atoms with Gasteiger partial charge in [-0.1, -0.05) is 0 Å². The lowest BCUT2D eigenvalue weighted by Gasteiger charge is -2.08. The second-order valence-corrected chi connectivity index (χ2v) is 3.20. The van der Waals surface area contributed by atoms with E-state index in [-0.39, 0.29) is 12.4 Å². The molecule has 0 spiro atoms. The van der Waals surface area contributed by atoms with E-state index in [2.05, 4.69) is 4.74 Å². The molecule has 1 aromatic rings. The minimum atomic E-state index is -0.282. The Morgan fingerprint density at radius 1 is 1.19 bits per heavy atom. The average molecular weight is 224 g/mol. The van der Waals surface area contributed by atoms with Gasteiger partial charge in [0.15, 0.2) is 0 Å². The van der Waals surface area contributed by atoms with Crippen molar-refractivity contribution in [3.63, 3.8) is 0 Å². The molecule has 0 aliphatic rings. The van der Waals surface area contributed by atoms with Crippen LogP contribution in [0.2, 0.25) is 0 Å². The molecule has 0 fully saturated rings. The van der Waals surface area contributed by atoms with E-state index < -0.39 is 0 Å². The number of ether oxygens (including phenoxy) is 3. The number of benzene rings is 1. The zero-order valence-electron chi connectivity index (χ0n) is 9.78. The Bertz CT molecular complexity index is 360. The minimum Gasteiger partial charge on any atom is -0.497 e. The smallest absolute Gasteiger partial charge is 0.309 e. The van der Waals surface area contributed by atoms with Crippen LogP contribution in [0.15, 0.2) is 18.2 Å². The molecule has 0 aliphatic carbocycles. The maximum atomic E-state index is 11.1. The molecule has 0 saturated heterocycles. The standard InChI is InChI=1S/C12H16O4/c1-4-16-11-6-9(7-12(13)15-3)5-10(8-11)14-2/h5-6,8H,4,7H2,1-3H3. The van der Waals surface area contributed by atoms with Crippen molar-refractivity contribution in [3.8, 4) is 11.5 Å². The number of carbonyl (C=O) groups excluding carboxylic acids is 1. The molecule has 0 N–H and O–H groups in total. The van der Waals surface area contributed by atoms with Crippen LogP contribution >= 0.6 is 0 Å². The van der Waals surface area contributed by atoms with Gasteiger partial charge in [-0.15, -0.1) is 0 Å². The van der Waals surface area contributed by atoms with Gasteiger partial charge in [0.2, 0.25) is 0 Å². The van der Waals surface area contributed by atoms with Gasteiger partial charge >= 0.3 is 5.97 Å². The predicted octanol–water partition coefficient (Wildman–Crippen LogP) is 1.81. The van der Waals surface area contributed by atoms with Gasteiger partial charge in [0.1, 0.15) is 11.5 Å². The van der Waals surface area contributed by atoms with E-state index in [1.54, 1.807) is 19.2 Å². The van der Waals surface area contributed by atoms with Crippen LogP contribution in [-0.2, 0) is 16.0 Å². The van der Waals surface area contributed by atoms with Gasteiger partial charge in [0, 0.05) is 6.07 Å². The van der Waals surface area contributed by atoms with Crippen LogP contribution in [0.1, 0.15) is 12.5 Å². The van der Waals surface area contributed by atoms with Crippen LogP contribution in [0.25, 0.3) is 0 Å². The first kappa shape index (κ1) is 12.4. The third-order valence-corrected chi connectivity index (χ3v) is 2.06. The maximum Gasteiger partial charge on any atom is 0.309 e. The van der Waals surface area contributed by atoms with Gasteiger partial charge < -0.3 is 14.2 Å². The first-order chi connectivity index (χ1) is 7.69. The van der Waals surface area contributed by atoms with Crippen LogP contribution in [0.4, 0.5) is 0 Å². The Morgan fingerprint density at radius 2 is 1.88 bits per heavy atom. The zero-order chi connectivity index (χ0) is 12.0. The molecule has 0 aromatic heterocycles. The quantitative estimate of drug-likeness (QED) is 0.715. The zero-order valence-corrected chi connectivity index (χ0v) is 9.78. The summed E-state index contributed by atoms with van der Waals surface area (Å²) in [5.74, 6) is 1.08. The van der Waals surface area contributed by atoms with Crippen molar-refractivity contribution in [2.45, 2.75) is 13.3 Å². The van der Waals surface area contributed by atoms with Crippen LogP contribution in [0, 0.1) is 0 Å². The summed E-state index contributed by atoms with van der Waals surface area (Å²) >= 11 is 0. The van der Waals surface area contributed by atoms with Gasteiger partial charge in [-0.2, -0.15) is 0 Å². The van der Waals surface area contributed by atoms with E-state index in [0.717, 1.165) is 5.56 Å². The summed E-state index contributed by atoms with van der Waals surface area (Å²) in [6.45, 7) is 2.48. The van der Waals surface area contributed by atoms with Gasteiger partial charge in [0.05, 0.1) is 27.2 Å². The van der Waals surface area contributed by atoms with E-state index in [1.807, 2.05) is 13.0 Å².